The van der Waals surface area contributed by atoms with Crippen LogP contribution in [0.5, 0.6) is 0 Å². The number of benzene rings is 3. The van der Waals surface area contributed by atoms with Gasteiger partial charge in [0.25, 0.3) is 0 Å². The van der Waals surface area contributed by atoms with Crippen LogP contribution in [0.2, 0.25) is 0 Å². The number of rotatable bonds is 2. The lowest BCUT2D eigenvalue weighted by Gasteiger charge is -2.25. The topological polar surface area (TPSA) is 46.2 Å². The lowest BCUT2D eigenvalue weighted by Crippen LogP contribution is -2.14. The van der Waals surface area contributed by atoms with Crippen molar-refractivity contribution in [3.63, 3.8) is 0 Å². The van der Waals surface area contributed by atoms with Gasteiger partial charge < -0.3 is 5.32 Å². The van der Waals surface area contributed by atoms with Gasteiger partial charge in [0.2, 0.25) is 9.84 Å². The Kier molecular flexibility index (Phi) is 3.88. The number of aryl methyl sites for hydroxylation is 3. The largest absolute Gasteiger partial charge is 0.380 e. The molecule has 1 heterocycles. The first kappa shape index (κ1) is 16.9. The predicted octanol–water partition coefficient (Wildman–Crippen LogP) is 5.04. The molecule has 0 atom stereocenters. The van der Waals surface area contributed by atoms with Gasteiger partial charge in [0.05, 0.1) is 9.79 Å². The van der Waals surface area contributed by atoms with E-state index in [1.807, 2.05) is 50.2 Å². The summed E-state index contributed by atoms with van der Waals surface area (Å²) in [7, 11) is -3.62. The molecule has 4 rings (SSSR count). The summed E-state index contributed by atoms with van der Waals surface area (Å²) in [5.74, 6) is 0. The highest BCUT2D eigenvalue weighted by atomic mass is 32.2. The summed E-state index contributed by atoms with van der Waals surface area (Å²) >= 11 is 0. The highest BCUT2D eigenvalue weighted by Crippen LogP contribution is 2.43. The van der Waals surface area contributed by atoms with Gasteiger partial charge in [-0.25, -0.2) is 8.42 Å². The minimum Gasteiger partial charge on any atom is -0.380 e. The number of sulfone groups is 1. The zero-order chi connectivity index (χ0) is 18.5. The first-order chi connectivity index (χ1) is 12.4. The van der Waals surface area contributed by atoms with Crippen LogP contribution in [0, 0.1) is 20.8 Å². The van der Waals surface area contributed by atoms with E-state index < -0.39 is 9.84 Å². The van der Waals surface area contributed by atoms with Crippen LogP contribution in [0.1, 0.15) is 22.3 Å². The number of nitrogens with one attached hydrogen (secondary N) is 1. The van der Waals surface area contributed by atoms with Gasteiger partial charge in [-0.3, -0.25) is 0 Å². The van der Waals surface area contributed by atoms with Crippen molar-refractivity contribution >= 4 is 15.5 Å². The van der Waals surface area contributed by atoms with Gasteiger partial charge in [-0.1, -0.05) is 47.5 Å². The Hall–Kier alpha value is -2.59. The molecular weight excluding hydrogens is 342 g/mol. The fourth-order valence-electron chi connectivity index (χ4n) is 3.59. The summed E-state index contributed by atoms with van der Waals surface area (Å²) < 4.78 is 27.0. The molecule has 3 aromatic carbocycles. The van der Waals surface area contributed by atoms with Crippen molar-refractivity contribution in [2.45, 2.75) is 37.1 Å². The van der Waals surface area contributed by atoms with Crippen LogP contribution < -0.4 is 5.32 Å². The fraction of sp³-hybridized carbons (Fsp3) is 0.182. The van der Waals surface area contributed by atoms with Crippen molar-refractivity contribution in [2.75, 3.05) is 5.32 Å². The lowest BCUT2D eigenvalue weighted by atomic mass is 9.92. The molecule has 0 radical (unpaired) electrons. The molecule has 0 aromatic heterocycles. The van der Waals surface area contributed by atoms with E-state index in [1.54, 1.807) is 12.1 Å². The summed E-state index contributed by atoms with van der Waals surface area (Å²) in [5.41, 5.74) is 6.76. The van der Waals surface area contributed by atoms with Crippen molar-refractivity contribution in [3.8, 4) is 11.1 Å². The van der Waals surface area contributed by atoms with E-state index in [9.17, 15) is 8.42 Å². The maximum Gasteiger partial charge on any atom is 0.207 e. The average molecular weight is 363 g/mol. The Labute approximate surface area is 154 Å². The van der Waals surface area contributed by atoms with E-state index >= 15 is 0 Å². The van der Waals surface area contributed by atoms with Crippen LogP contribution in [0.15, 0.2) is 64.4 Å². The third-order valence-electron chi connectivity index (χ3n) is 4.95. The zero-order valence-corrected chi connectivity index (χ0v) is 15.9. The van der Waals surface area contributed by atoms with Gasteiger partial charge in [0.1, 0.15) is 0 Å². The van der Waals surface area contributed by atoms with Gasteiger partial charge in [0, 0.05) is 17.8 Å². The molecule has 0 saturated heterocycles. The molecule has 0 unspecified atom stereocenters. The Bertz CT molecular complexity index is 1110. The quantitative estimate of drug-likeness (QED) is 0.694. The van der Waals surface area contributed by atoms with E-state index in [4.69, 9.17) is 0 Å². The number of anilines is 1. The van der Waals surface area contributed by atoms with Crippen molar-refractivity contribution in [2.24, 2.45) is 0 Å². The minimum atomic E-state index is -3.62. The summed E-state index contributed by atoms with van der Waals surface area (Å²) in [6, 6.07) is 17.1. The van der Waals surface area contributed by atoms with Crippen LogP contribution in [-0.4, -0.2) is 8.42 Å². The molecule has 132 valence electrons. The molecule has 0 amide bonds. The van der Waals surface area contributed by atoms with E-state index in [0.717, 1.165) is 33.5 Å². The number of hydrogen-bond donors (Lipinski definition) is 1. The molecule has 1 N–H and O–H groups in total. The predicted molar refractivity (Wildman–Crippen MR) is 105 cm³/mol. The van der Waals surface area contributed by atoms with Crippen molar-refractivity contribution in [1.82, 2.24) is 0 Å². The van der Waals surface area contributed by atoms with E-state index in [0.29, 0.717) is 16.3 Å². The normalized spacial score (nSPS) is 12.9. The van der Waals surface area contributed by atoms with Gasteiger partial charge in [-0.15, -0.1) is 0 Å². The average Bonchev–Trinajstić information content (AvgIpc) is 2.61. The smallest absolute Gasteiger partial charge is 0.207 e. The molecule has 0 saturated carbocycles. The highest BCUT2D eigenvalue weighted by Gasteiger charge is 2.29. The van der Waals surface area contributed by atoms with Gasteiger partial charge in [-0.05, 0) is 55.7 Å². The van der Waals surface area contributed by atoms with Crippen molar-refractivity contribution < 1.29 is 8.42 Å². The first-order valence-corrected chi connectivity index (χ1v) is 10.2. The van der Waals surface area contributed by atoms with Crippen LogP contribution >= 0.6 is 0 Å². The standard InChI is InChI=1S/C22H21NO2S/c1-14-4-8-18(9-5-14)26(24,25)22-16(3)7-11-20-21(22)19-10-6-15(2)12-17(19)13-23-20/h4-12,23H,13H2,1-3H3. The molecule has 0 fully saturated rings. The van der Waals surface area contributed by atoms with Crippen molar-refractivity contribution in [3.05, 3.63) is 76.9 Å². The van der Waals surface area contributed by atoms with Crippen LogP contribution in [-0.2, 0) is 16.4 Å². The summed E-state index contributed by atoms with van der Waals surface area (Å²) in [6.45, 7) is 6.57. The number of fused-ring (bicyclic) bond motifs is 3. The molecule has 0 spiro atoms. The molecule has 3 nitrogen and oxygen atoms in total. The summed E-state index contributed by atoms with van der Waals surface area (Å²) in [6.07, 6.45) is 0. The van der Waals surface area contributed by atoms with Gasteiger partial charge in [-0.2, -0.15) is 0 Å². The highest BCUT2D eigenvalue weighted by molar-refractivity contribution is 7.91. The van der Waals surface area contributed by atoms with Crippen LogP contribution in [0.25, 0.3) is 11.1 Å². The molecule has 0 bridgehead atoms. The second-order valence-corrected chi connectivity index (χ2v) is 8.85. The third-order valence-corrected chi connectivity index (χ3v) is 6.91. The van der Waals surface area contributed by atoms with Gasteiger partial charge in [0.15, 0.2) is 0 Å². The van der Waals surface area contributed by atoms with E-state index in [2.05, 4.69) is 18.3 Å². The summed E-state index contributed by atoms with van der Waals surface area (Å²) in [4.78, 5) is 0.731. The molecule has 4 heteroatoms. The van der Waals surface area contributed by atoms with Crippen molar-refractivity contribution in [1.29, 1.82) is 0 Å². The van der Waals surface area contributed by atoms with E-state index in [1.165, 1.54) is 5.56 Å². The Morgan fingerprint density at radius 3 is 2.27 bits per heavy atom. The molecule has 26 heavy (non-hydrogen) atoms. The third kappa shape index (κ3) is 2.61. The van der Waals surface area contributed by atoms with Crippen LogP contribution in [0.3, 0.4) is 0 Å². The Balaban J connectivity index is 2.02. The SMILES string of the molecule is Cc1ccc(S(=O)(=O)c2c(C)ccc3c2-c2ccc(C)cc2CN3)cc1. The van der Waals surface area contributed by atoms with Gasteiger partial charge >= 0.3 is 0 Å². The molecule has 1 aliphatic rings. The minimum absolute atomic E-state index is 0.332. The Morgan fingerprint density at radius 2 is 1.54 bits per heavy atom. The maximum absolute atomic E-state index is 13.5. The first-order valence-electron chi connectivity index (χ1n) is 8.67. The number of hydrogen-bond acceptors (Lipinski definition) is 3. The second-order valence-electron chi connectivity index (χ2n) is 6.96. The maximum atomic E-state index is 13.5. The molecular formula is C22H21NO2S. The molecule has 0 aliphatic carbocycles. The summed E-state index contributed by atoms with van der Waals surface area (Å²) in [5, 5.41) is 3.38. The second kappa shape index (κ2) is 5.99. The molecule has 3 aromatic rings. The van der Waals surface area contributed by atoms with E-state index in [-0.39, 0.29) is 0 Å². The Morgan fingerprint density at radius 1 is 0.846 bits per heavy atom. The lowest BCUT2D eigenvalue weighted by molar-refractivity contribution is 0.595. The fourth-order valence-corrected chi connectivity index (χ4v) is 5.30. The zero-order valence-electron chi connectivity index (χ0n) is 15.1. The molecule has 1 aliphatic heterocycles. The van der Waals surface area contributed by atoms with Crippen LogP contribution in [0.4, 0.5) is 5.69 Å². The monoisotopic (exact) mass is 363 g/mol.